The number of fused-ring (bicyclic) bond motifs is 2. The maximum absolute atomic E-state index is 12.7. The van der Waals surface area contributed by atoms with Crippen molar-refractivity contribution in [3.63, 3.8) is 0 Å². The van der Waals surface area contributed by atoms with Crippen molar-refractivity contribution < 1.29 is 38.2 Å². The van der Waals surface area contributed by atoms with Gasteiger partial charge in [0, 0.05) is 7.05 Å². The smallest absolute Gasteiger partial charge is 0.343 e. The van der Waals surface area contributed by atoms with Gasteiger partial charge < -0.3 is 9.47 Å². The highest BCUT2D eigenvalue weighted by molar-refractivity contribution is 6.22. The summed E-state index contributed by atoms with van der Waals surface area (Å²) in [7, 11) is 1.36. The van der Waals surface area contributed by atoms with Crippen LogP contribution in [0.4, 0.5) is 0 Å². The number of nitrogens with zero attached hydrogens (tertiary/aromatic N) is 1. The fourth-order valence-electron chi connectivity index (χ4n) is 3.91. The van der Waals surface area contributed by atoms with Gasteiger partial charge in [-0.1, -0.05) is 0 Å². The lowest BCUT2D eigenvalue weighted by Gasteiger charge is -2.10. The monoisotopic (exact) mass is 484 g/mol. The van der Waals surface area contributed by atoms with E-state index in [0.717, 1.165) is 4.90 Å². The van der Waals surface area contributed by atoms with Crippen LogP contribution in [-0.4, -0.2) is 47.5 Å². The van der Waals surface area contributed by atoms with E-state index >= 15 is 0 Å². The molecule has 3 aromatic rings. The molecule has 2 heterocycles. The highest BCUT2D eigenvalue weighted by Gasteiger charge is 2.33. The number of esters is 2. The summed E-state index contributed by atoms with van der Waals surface area (Å²) in [6.07, 6.45) is 0. The molecule has 2 aliphatic rings. The van der Waals surface area contributed by atoms with Crippen LogP contribution in [-0.2, 0) is 0 Å². The number of hydrogen-bond acceptors (Lipinski definition) is 8. The molecule has 0 saturated carbocycles. The molecule has 0 spiro atoms. The van der Waals surface area contributed by atoms with Crippen molar-refractivity contribution in [2.24, 2.45) is 0 Å². The second kappa shape index (κ2) is 8.27. The van der Waals surface area contributed by atoms with Crippen molar-refractivity contribution >= 4 is 35.6 Å². The SMILES string of the molecule is Cc1cc(OC(=O)c2ccc3c(c2)C(=O)NC3=O)ccc1OC(=O)c1ccc2c(c1)C(=O)N(C)C2=O. The molecular formula is C26H16N2O8. The normalized spacial score (nSPS) is 13.9. The highest BCUT2D eigenvalue weighted by atomic mass is 16.5. The zero-order valence-corrected chi connectivity index (χ0v) is 18.9. The second-order valence-corrected chi connectivity index (χ2v) is 8.18. The Morgan fingerprint density at radius 2 is 1.28 bits per heavy atom. The Morgan fingerprint density at radius 1 is 0.694 bits per heavy atom. The molecule has 1 N–H and O–H groups in total. The second-order valence-electron chi connectivity index (χ2n) is 8.18. The van der Waals surface area contributed by atoms with Gasteiger partial charge in [0.2, 0.25) is 0 Å². The molecule has 2 aliphatic heterocycles. The molecule has 4 amide bonds. The Balaban J connectivity index is 1.30. The first kappa shape index (κ1) is 22.7. The zero-order chi connectivity index (χ0) is 25.7. The molecule has 0 aliphatic carbocycles. The molecule has 3 aromatic carbocycles. The number of carbonyl (C=O) groups excluding carboxylic acids is 6. The maximum atomic E-state index is 12.7. The van der Waals surface area contributed by atoms with Gasteiger partial charge in [-0.3, -0.25) is 29.4 Å². The molecule has 0 saturated heterocycles. The topological polar surface area (TPSA) is 136 Å². The van der Waals surface area contributed by atoms with Crippen molar-refractivity contribution in [1.82, 2.24) is 10.2 Å². The molecule has 0 atom stereocenters. The van der Waals surface area contributed by atoms with Crippen LogP contribution < -0.4 is 14.8 Å². The van der Waals surface area contributed by atoms with Gasteiger partial charge in [0.25, 0.3) is 23.6 Å². The Bertz CT molecular complexity index is 1560. The van der Waals surface area contributed by atoms with E-state index < -0.39 is 35.6 Å². The van der Waals surface area contributed by atoms with Gasteiger partial charge in [-0.15, -0.1) is 0 Å². The maximum Gasteiger partial charge on any atom is 0.343 e. The van der Waals surface area contributed by atoms with Crippen LogP contribution in [0.2, 0.25) is 0 Å². The van der Waals surface area contributed by atoms with Crippen molar-refractivity contribution in [2.45, 2.75) is 6.92 Å². The summed E-state index contributed by atoms with van der Waals surface area (Å²) in [5.74, 6) is -3.14. The summed E-state index contributed by atoms with van der Waals surface area (Å²) in [5, 5.41) is 2.15. The zero-order valence-electron chi connectivity index (χ0n) is 18.9. The summed E-state index contributed by atoms with van der Waals surface area (Å²) in [5.41, 5.74) is 1.30. The number of imide groups is 2. The lowest BCUT2D eigenvalue weighted by atomic mass is 10.1. The number of benzene rings is 3. The molecule has 36 heavy (non-hydrogen) atoms. The number of ether oxygens (including phenoxy) is 2. The third-order valence-corrected chi connectivity index (χ3v) is 5.86. The van der Waals surface area contributed by atoms with E-state index in [-0.39, 0.29) is 44.9 Å². The van der Waals surface area contributed by atoms with Gasteiger partial charge in [-0.05, 0) is 67.1 Å². The first-order valence-corrected chi connectivity index (χ1v) is 10.6. The van der Waals surface area contributed by atoms with Crippen molar-refractivity contribution in [3.05, 3.63) is 93.5 Å². The number of carbonyl (C=O) groups is 6. The first-order chi connectivity index (χ1) is 17.1. The third-order valence-electron chi connectivity index (χ3n) is 5.86. The number of rotatable bonds is 4. The fourth-order valence-corrected chi connectivity index (χ4v) is 3.91. The lowest BCUT2D eigenvalue weighted by Crippen LogP contribution is -2.24. The van der Waals surface area contributed by atoms with Crippen LogP contribution in [0, 0.1) is 6.92 Å². The van der Waals surface area contributed by atoms with Crippen molar-refractivity contribution in [3.8, 4) is 11.5 Å². The van der Waals surface area contributed by atoms with Crippen LogP contribution in [0.25, 0.3) is 0 Å². The summed E-state index contributed by atoms with van der Waals surface area (Å²) in [4.78, 5) is 73.9. The van der Waals surface area contributed by atoms with E-state index in [4.69, 9.17) is 9.47 Å². The molecule has 0 aromatic heterocycles. The van der Waals surface area contributed by atoms with E-state index in [1.54, 1.807) is 6.92 Å². The summed E-state index contributed by atoms with van der Waals surface area (Å²) < 4.78 is 10.8. The minimum Gasteiger partial charge on any atom is -0.423 e. The van der Waals surface area contributed by atoms with E-state index in [0.29, 0.717) is 5.56 Å². The van der Waals surface area contributed by atoms with Crippen LogP contribution in [0.1, 0.15) is 67.7 Å². The minimum atomic E-state index is -0.739. The predicted octanol–water partition coefficient (Wildman–Crippen LogP) is 2.54. The molecule has 10 heteroatoms. The summed E-state index contributed by atoms with van der Waals surface area (Å²) in [6, 6.07) is 12.5. The Hall–Kier alpha value is -5.12. The Morgan fingerprint density at radius 3 is 1.97 bits per heavy atom. The quantitative estimate of drug-likeness (QED) is 0.339. The predicted molar refractivity (Wildman–Crippen MR) is 122 cm³/mol. The lowest BCUT2D eigenvalue weighted by molar-refractivity contribution is 0.0688. The fraction of sp³-hybridized carbons (Fsp3) is 0.0769. The number of aryl methyl sites for hydroxylation is 1. The number of nitrogens with one attached hydrogen (secondary N) is 1. The molecule has 0 fully saturated rings. The van der Waals surface area contributed by atoms with Crippen LogP contribution in [0.15, 0.2) is 54.6 Å². The van der Waals surface area contributed by atoms with Gasteiger partial charge in [-0.2, -0.15) is 0 Å². The van der Waals surface area contributed by atoms with Gasteiger partial charge in [0.15, 0.2) is 0 Å². The van der Waals surface area contributed by atoms with Gasteiger partial charge in [0.05, 0.1) is 33.4 Å². The van der Waals surface area contributed by atoms with Gasteiger partial charge in [-0.25, -0.2) is 9.59 Å². The standard InChI is InChI=1S/C26H16N2O8/c1-12-9-15(35-25(33)13-3-6-16-18(10-13)22(30)27-21(16)29)5-8-20(12)36-26(34)14-4-7-17-19(11-14)24(32)28(2)23(17)31/h3-11H,1-2H3,(H,27,29,30). The van der Waals surface area contributed by atoms with Gasteiger partial charge >= 0.3 is 11.9 Å². The van der Waals surface area contributed by atoms with E-state index in [2.05, 4.69) is 5.32 Å². The summed E-state index contributed by atoms with van der Waals surface area (Å²) >= 11 is 0. The molecule has 0 unspecified atom stereocenters. The Labute approximate surface area is 203 Å². The largest absolute Gasteiger partial charge is 0.423 e. The van der Waals surface area contributed by atoms with E-state index in [1.807, 2.05) is 0 Å². The molecule has 178 valence electrons. The Kier molecular flexibility index (Phi) is 5.21. The van der Waals surface area contributed by atoms with E-state index in [9.17, 15) is 28.8 Å². The van der Waals surface area contributed by atoms with Crippen molar-refractivity contribution in [1.29, 1.82) is 0 Å². The molecule has 0 radical (unpaired) electrons. The molecular weight excluding hydrogens is 468 g/mol. The first-order valence-electron chi connectivity index (χ1n) is 10.6. The molecule has 5 rings (SSSR count). The van der Waals surface area contributed by atoms with Crippen LogP contribution >= 0.6 is 0 Å². The molecule has 0 bridgehead atoms. The van der Waals surface area contributed by atoms with E-state index in [1.165, 1.54) is 61.6 Å². The average molecular weight is 484 g/mol. The average Bonchev–Trinajstić information content (AvgIpc) is 3.27. The van der Waals surface area contributed by atoms with Crippen LogP contribution in [0.5, 0.6) is 11.5 Å². The highest BCUT2D eigenvalue weighted by Crippen LogP contribution is 2.27. The van der Waals surface area contributed by atoms with Crippen molar-refractivity contribution in [2.75, 3.05) is 7.05 Å². The van der Waals surface area contributed by atoms with Crippen LogP contribution in [0.3, 0.4) is 0 Å². The molecule has 10 nitrogen and oxygen atoms in total. The van der Waals surface area contributed by atoms with Gasteiger partial charge in [0.1, 0.15) is 11.5 Å². The third kappa shape index (κ3) is 3.70. The summed E-state index contributed by atoms with van der Waals surface area (Å²) in [6.45, 7) is 1.64. The number of hydrogen-bond donors (Lipinski definition) is 1. The number of amides is 4. The minimum absolute atomic E-state index is 0.0852.